The van der Waals surface area contributed by atoms with Crippen molar-refractivity contribution in [2.45, 2.75) is 4.90 Å². The van der Waals surface area contributed by atoms with Crippen molar-refractivity contribution in [3.05, 3.63) is 46.5 Å². The Morgan fingerprint density at radius 1 is 1.11 bits per heavy atom. The van der Waals surface area contributed by atoms with Crippen LogP contribution in [0.1, 0.15) is 0 Å². The molecular weight excluding hydrogens is 380 g/mol. The highest BCUT2D eigenvalue weighted by atomic mass is 32.2. The lowest BCUT2D eigenvalue weighted by Crippen LogP contribution is -2.13. The molecule has 0 aliphatic heterocycles. The lowest BCUT2D eigenvalue weighted by molar-refractivity contribution is -0.386. The summed E-state index contributed by atoms with van der Waals surface area (Å²) in [7, 11) is -1.18. The molecule has 0 aromatic heterocycles. The molecule has 11 heteroatoms. The van der Waals surface area contributed by atoms with E-state index in [9.17, 15) is 23.6 Å². The van der Waals surface area contributed by atoms with E-state index < -0.39 is 26.4 Å². The number of phenolic OH excluding ortho intramolecular Hbond substituents is 1. The molecule has 146 valence electrons. The highest BCUT2D eigenvalue weighted by Gasteiger charge is 2.21. The van der Waals surface area contributed by atoms with Crippen LogP contribution in [0.4, 0.5) is 11.4 Å². The molecule has 0 fully saturated rings. The van der Waals surface area contributed by atoms with Crippen LogP contribution >= 0.6 is 0 Å². The minimum Gasteiger partial charge on any atom is -0.502 e. The second-order valence-electron chi connectivity index (χ2n) is 5.22. The van der Waals surface area contributed by atoms with E-state index in [0.717, 1.165) is 18.2 Å². The number of nitro benzene ring substituents is 1. The van der Waals surface area contributed by atoms with E-state index in [1.807, 2.05) is 0 Å². The molecule has 0 saturated carbocycles. The summed E-state index contributed by atoms with van der Waals surface area (Å²) in [5.74, 6) is 0.0676. The Bertz CT molecular complexity index is 930. The second-order valence-corrected chi connectivity index (χ2v) is 6.90. The van der Waals surface area contributed by atoms with Crippen molar-refractivity contribution in [1.29, 1.82) is 0 Å². The van der Waals surface area contributed by atoms with Crippen LogP contribution in [0.2, 0.25) is 0 Å². The number of nitrogens with zero attached hydrogens (tertiary/aromatic N) is 1. The number of anilines is 1. The van der Waals surface area contributed by atoms with Gasteiger partial charge < -0.3 is 19.3 Å². The predicted molar refractivity (Wildman–Crippen MR) is 95.9 cm³/mol. The van der Waals surface area contributed by atoms with E-state index in [2.05, 4.69) is 4.72 Å². The van der Waals surface area contributed by atoms with Crippen LogP contribution in [0.25, 0.3) is 0 Å². The van der Waals surface area contributed by atoms with Crippen molar-refractivity contribution in [1.82, 2.24) is 0 Å². The van der Waals surface area contributed by atoms with Crippen LogP contribution in [0.15, 0.2) is 41.3 Å². The van der Waals surface area contributed by atoms with Gasteiger partial charge in [0.25, 0.3) is 10.0 Å². The third kappa shape index (κ3) is 4.99. The molecule has 0 aliphatic rings. The van der Waals surface area contributed by atoms with Crippen LogP contribution in [0.3, 0.4) is 0 Å². The zero-order valence-electron chi connectivity index (χ0n) is 14.5. The van der Waals surface area contributed by atoms with Gasteiger partial charge in [0, 0.05) is 19.2 Å². The number of methoxy groups -OCH3 is 2. The number of aromatic hydroxyl groups is 1. The molecule has 0 spiro atoms. The standard InChI is InChI=1S/C16H18N2O8S/c1-24-7-8-26-16-9-11(3-6-15(16)25-2)17-27(22,23)12-4-5-14(19)13(10-12)18(20)21/h3-6,9-10,17,19H,7-8H2,1-2H3. The summed E-state index contributed by atoms with van der Waals surface area (Å²) in [5, 5.41) is 20.3. The molecule has 27 heavy (non-hydrogen) atoms. The summed E-state index contributed by atoms with van der Waals surface area (Å²) in [5.41, 5.74) is -0.546. The first-order valence-electron chi connectivity index (χ1n) is 7.58. The fourth-order valence-electron chi connectivity index (χ4n) is 2.12. The summed E-state index contributed by atoms with van der Waals surface area (Å²) >= 11 is 0. The Balaban J connectivity index is 2.31. The summed E-state index contributed by atoms with van der Waals surface area (Å²) in [4.78, 5) is 9.65. The van der Waals surface area contributed by atoms with E-state index in [-0.39, 0.29) is 17.2 Å². The molecule has 0 amide bonds. The van der Waals surface area contributed by atoms with Gasteiger partial charge in [-0.15, -0.1) is 0 Å². The van der Waals surface area contributed by atoms with Gasteiger partial charge in [0.05, 0.1) is 29.2 Å². The smallest absolute Gasteiger partial charge is 0.312 e. The van der Waals surface area contributed by atoms with Gasteiger partial charge in [-0.3, -0.25) is 14.8 Å². The fraction of sp³-hybridized carbons (Fsp3) is 0.250. The molecule has 0 atom stereocenters. The Labute approximate surface area is 155 Å². The molecule has 2 rings (SSSR count). The maximum atomic E-state index is 12.5. The van der Waals surface area contributed by atoms with Crippen LogP contribution in [0, 0.1) is 10.1 Å². The van der Waals surface area contributed by atoms with Crippen molar-refractivity contribution in [3.8, 4) is 17.2 Å². The van der Waals surface area contributed by atoms with Crippen molar-refractivity contribution >= 4 is 21.4 Å². The highest BCUT2D eigenvalue weighted by Crippen LogP contribution is 2.32. The van der Waals surface area contributed by atoms with Crippen molar-refractivity contribution in [2.75, 3.05) is 32.2 Å². The van der Waals surface area contributed by atoms with E-state index in [1.165, 1.54) is 32.4 Å². The first kappa shape index (κ1) is 20.3. The number of sulfonamides is 1. The van der Waals surface area contributed by atoms with Crippen LogP contribution < -0.4 is 14.2 Å². The molecule has 0 radical (unpaired) electrons. The molecule has 0 saturated heterocycles. The van der Waals surface area contributed by atoms with Crippen LogP contribution in [-0.4, -0.2) is 45.9 Å². The Morgan fingerprint density at radius 3 is 2.48 bits per heavy atom. The number of phenols is 1. The van der Waals surface area contributed by atoms with E-state index in [1.54, 1.807) is 0 Å². The third-order valence-electron chi connectivity index (χ3n) is 3.41. The average Bonchev–Trinajstić information content (AvgIpc) is 2.62. The lowest BCUT2D eigenvalue weighted by Gasteiger charge is -2.13. The molecule has 2 aromatic rings. The Morgan fingerprint density at radius 2 is 1.85 bits per heavy atom. The minimum atomic E-state index is -4.13. The summed E-state index contributed by atoms with van der Waals surface area (Å²) in [6.07, 6.45) is 0. The van der Waals surface area contributed by atoms with Gasteiger partial charge in [0.2, 0.25) is 0 Å². The number of nitro groups is 1. The first-order valence-corrected chi connectivity index (χ1v) is 9.07. The molecule has 0 aliphatic carbocycles. The summed E-state index contributed by atoms with van der Waals surface area (Å²) < 4.78 is 42.9. The van der Waals surface area contributed by atoms with E-state index in [0.29, 0.717) is 18.1 Å². The largest absolute Gasteiger partial charge is 0.502 e. The SMILES string of the molecule is COCCOc1cc(NS(=O)(=O)c2ccc(O)c([N+](=O)[O-])c2)ccc1OC. The molecule has 0 bridgehead atoms. The van der Waals surface area contributed by atoms with Gasteiger partial charge in [-0.25, -0.2) is 8.42 Å². The zero-order chi connectivity index (χ0) is 20.0. The number of nitrogens with one attached hydrogen (secondary N) is 1. The van der Waals surface area contributed by atoms with Gasteiger partial charge in [0.15, 0.2) is 17.2 Å². The van der Waals surface area contributed by atoms with Crippen molar-refractivity contribution in [2.24, 2.45) is 0 Å². The van der Waals surface area contributed by atoms with Gasteiger partial charge >= 0.3 is 5.69 Å². The number of ether oxygens (including phenoxy) is 3. The second kappa shape index (κ2) is 8.56. The summed E-state index contributed by atoms with van der Waals surface area (Å²) in [6.45, 7) is 0.559. The van der Waals surface area contributed by atoms with Gasteiger partial charge in [-0.05, 0) is 24.3 Å². The zero-order valence-corrected chi connectivity index (χ0v) is 15.4. The van der Waals surface area contributed by atoms with Gasteiger partial charge in [-0.2, -0.15) is 0 Å². The topological polar surface area (TPSA) is 137 Å². The normalized spacial score (nSPS) is 11.0. The number of hydrogen-bond donors (Lipinski definition) is 2. The van der Waals surface area contributed by atoms with Crippen LogP contribution in [0.5, 0.6) is 17.2 Å². The molecule has 2 N–H and O–H groups in total. The number of benzene rings is 2. The monoisotopic (exact) mass is 398 g/mol. The van der Waals surface area contributed by atoms with Crippen molar-refractivity contribution < 1.29 is 32.7 Å². The predicted octanol–water partition coefficient (Wildman–Crippen LogP) is 2.13. The fourth-order valence-corrected chi connectivity index (χ4v) is 3.19. The first-order chi connectivity index (χ1) is 12.8. The number of hydrogen-bond acceptors (Lipinski definition) is 8. The van der Waals surface area contributed by atoms with Crippen LogP contribution in [-0.2, 0) is 14.8 Å². The molecule has 2 aromatic carbocycles. The minimum absolute atomic E-state index is 0.166. The van der Waals surface area contributed by atoms with E-state index >= 15 is 0 Å². The highest BCUT2D eigenvalue weighted by molar-refractivity contribution is 7.92. The summed E-state index contributed by atoms with van der Waals surface area (Å²) in [6, 6.07) is 7.16. The number of rotatable bonds is 9. The maximum absolute atomic E-state index is 12.5. The molecule has 10 nitrogen and oxygen atoms in total. The van der Waals surface area contributed by atoms with Gasteiger partial charge in [-0.1, -0.05) is 0 Å². The molecular formula is C16H18N2O8S. The lowest BCUT2D eigenvalue weighted by atomic mass is 10.3. The third-order valence-corrected chi connectivity index (χ3v) is 4.79. The van der Waals surface area contributed by atoms with Gasteiger partial charge in [0.1, 0.15) is 6.61 Å². The van der Waals surface area contributed by atoms with Crippen molar-refractivity contribution in [3.63, 3.8) is 0 Å². The van der Waals surface area contributed by atoms with E-state index in [4.69, 9.17) is 14.2 Å². The maximum Gasteiger partial charge on any atom is 0.312 e. The average molecular weight is 398 g/mol. The Kier molecular flexibility index (Phi) is 6.42. The molecule has 0 heterocycles. The quantitative estimate of drug-likeness (QED) is 0.372. The Hall–Kier alpha value is -3.05. The molecule has 0 unspecified atom stereocenters.